The fourth-order valence-electron chi connectivity index (χ4n) is 9.05. The van der Waals surface area contributed by atoms with Gasteiger partial charge in [-0.15, -0.1) is 0 Å². The summed E-state index contributed by atoms with van der Waals surface area (Å²) in [6.45, 7) is 1.43. The molecule has 20 nitrogen and oxygen atoms in total. The molecular weight excluding hydrogens is 885 g/mol. The van der Waals surface area contributed by atoms with Crippen molar-refractivity contribution in [3.05, 3.63) is 125 Å². The maximum Gasteiger partial charge on any atom is 0.336 e. The molecule has 1 aliphatic carbocycles. The number of anilines is 1. The highest BCUT2D eigenvalue weighted by atomic mass is 16.7. The topological polar surface area (TPSA) is 327 Å². The lowest BCUT2D eigenvalue weighted by Crippen LogP contribution is -2.79. The van der Waals surface area contributed by atoms with E-state index in [1.165, 1.54) is 36.8 Å². The number of phenolic OH excluding ortho intramolecular Hbond substituents is 2. The molecule has 20 heteroatoms. The summed E-state index contributed by atoms with van der Waals surface area (Å²) < 4.78 is 30.5. The number of hydrogen-bond donors (Lipinski definition) is 10. The third-order valence-electron chi connectivity index (χ3n) is 12.3. The van der Waals surface area contributed by atoms with Crippen molar-refractivity contribution in [1.82, 2.24) is 4.98 Å². The fourth-order valence-corrected chi connectivity index (χ4v) is 9.05. The number of fused-ring (bicyclic) bond motifs is 3. The number of hydrogen-bond acceptors (Lipinski definition) is 17. The lowest BCUT2D eigenvalue weighted by Gasteiger charge is -2.57. The van der Waals surface area contributed by atoms with E-state index in [0.717, 1.165) is 5.56 Å². The summed E-state index contributed by atoms with van der Waals surface area (Å²) in [6, 6.07) is 15.7. The highest BCUT2D eigenvalue weighted by Crippen LogP contribution is 2.54. The Bertz CT molecular complexity index is 2880. The Morgan fingerprint density at radius 2 is 1.79 bits per heavy atom. The predicted octanol–water partition coefficient (Wildman–Crippen LogP) is 1.45. The number of aliphatic hydroxyl groups excluding tert-OH is 3. The Balaban J connectivity index is 1.09. The summed E-state index contributed by atoms with van der Waals surface area (Å²) in [5.74, 6) is -4.42. The second kappa shape index (κ2) is 17.9. The van der Waals surface area contributed by atoms with Gasteiger partial charge in [-0.2, -0.15) is 0 Å². The minimum absolute atomic E-state index is 0.0396. The van der Waals surface area contributed by atoms with Crippen molar-refractivity contribution in [3.63, 3.8) is 0 Å². The molecule has 352 valence electrons. The molecule has 1 fully saturated rings. The normalized spacial score (nSPS) is 26.2. The number of ether oxygens (including phenoxy) is 5. The molecule has 4 aromatic rings. The number of aliphatic carboxylic acids is 1. The number of nitrogen functional groups attached to an aromatic ring is 1. The van der Waals surface area contributed by atoms with Crippen LogP contribution in [0.4, 0.5) is 5.82 Å². The molecule has 3 aromatic carbocycles. The van der Waals surface area contributed by atoms with Gasteiger partial charge in [-0.05, 0) is 88.6 Å². The molecule has 1 unspecified atom stereocenters. The van der Waals surface area contributed by atoms with E-state index in [0.29, 0.717) is 34.6 Å². The number of phenols is 2. The number of aryl methyl sites for hydroxylation is 1. The first-order chi connectivity index (χ1) is 32.5. The minimum Gasteiger partial charge on any atom is -0.508 e. The van der Waals surface area contributed by atoms with E-state index < -0.39 is 76.8 Å². The van der Waals surface area contributed by atoms with Crippen molar-refractivity contribution in [2.45, 2.75) is 68.3 Å². The fraction of sp³-hybridized carbons (Fsp3) is 0.292. The lowest BCUT2D eigenvalue weighted by atomic mass is 9.60. The Labute approximate surface area is 387 Å². The van der Waals surface area contributed by atoms with E-state index in [-0.39, 0.29) is 66.2 Å². The number of rotatable bonds is 15. The smallest absolute Gasteiger partial charge is 0.336 e. The van der Waals surface area contributed by atoms with Gasteiger partial charge < -0.3 is 70.3 Å². The third kappa shape index (κ3) is 8.39. The largest absolute Gasteiger partial charge is 0.508 e. The van der Waals surface area contributed by atoms with Gasteiger partial charge in [0.25, 0.3) is 0 Å². The van der Waals surface area contributed by atoms with E-state index in [2.05, 4.69) is 20.0 Å². The van der Waals surface area contributed by atoms with Gasteiger partial charge in [-0.1, -0.05) is 30.7 Å². The van der Waals surface area contributed by atoms with E-state index >= 15 is 0 Å². The number of carbonyl (C=O) groups is 1. The number of nitrogens with two attached hydrogens (primary N) is 2. The predicted molar refractivity (Wildman–Crippen MR) is 243 cm³/mol. The number of nitrogens with zero attached hydrogens (tertiary/aromatic N) is 4. The first-order valence-corrected chi connectivity index (χ1v) is 21.4. The molecule has 9 rings (SSSR count). The highest BCUT2D eigenvalue weighted by Gasteiger charge is 2.71. The molecule has 0 spiro atoms. The van der Waals surface area contributed by atoms with Gasteiger partial charge in [0.1, 0.15) is 71.8 Å². The SMILES string of the molecule is CCc1cc(O)cc(COc2c(O[C@@H]3O[C@H](C(=O)O)[C@]4(O)[C@@H](C5=NC=NC5)C(Cc5ccnc(N)c5)=C[C@@]3(O)[C@@H]4O)cc3c(c2O)C(O)=CC(c2ccc(OC[C@H](O)C4=NC(=[NH2+])C=C4)cc2)O3)c1. The summed E-state index contributed by atoms with van der Waals surface area (Å²) in [4.78, 5) is 29.7. The number of benzene rings is 3. The molecule has 4 aliphatic heterocycles. The van der Waals surface area contributed by atoms with E-state index in [1.807, 2.05) is 6.92 Å². The maximum absolute atomic E-state index is 13.2. The van der Waals surface area contributed by atoms with Crippen molar-refractivity contribution < 1.29 is 74.7 Å². The van der Waals surface area contributed by atoms with Crippen LogP contribution in [0.2, 0.25) is 0 Å². The van der Waals surface area contributed by atoms with Crippen LogP contribution in [0.25, 0.3) is 5.76 Å². The Morgan fingerprint density at radius 1 is 1.01 bits per heavy atom. The van der Waals surface area contributed by atoms with Crippen LogP contribution in [-0.2, 0) is 29.0 Å². The van der Waals surface area contributed by atoms with Crippen molar-refractivity contribution >= 4 is 41.1 Å². The van der Waals surface area contributed by atoms with Gasteiger partial charge >= 0.3 is 11.8 Å². The molecule has 2 bridgehead atoms. The summed E-state index contributed by atoms with van der Waals surface area (Å²) in [5.41, 5.74) is 3.38. The van der Waals surface area contributed by atoms with Crippen LogP contribution >= 0.6 is 0 Å². The zero-order valence-electron chi connectivity index (χ0n) is 36.2. The van der Waals surface area contributed by atoms with E-state index in [1.54, 1.807) is 60.7 Å². The van der Waals surface area contributed by atoms with Crippen molar-refractivity contribution in [2.24, 2.45) is 20.9 Å². The second-order valence-corrected chi connectivity index (χ2v) is 16.8. The number of pyridine rings is 1. The molecule has 5 heterocycles. The number of carboxylic acids is 1. The first kappa shape index (κ1) is 45.5. The average Bonchev–Trinajstić information content (AvgIpc) is 4.00. The van der Waals surface area contributed by atoms with Crippen LogP contribution in [0, 0.1) is 5.92 Å². The number of carboxylic acid groups (broad SMARTS) is 1. The standard InChI is InChI=1S/C48H46N6O14/c1-2-23-11-25(14-28(55)13-23)20-65-42-36(17-35-39(41(42)58)32(56)16-34(66-35)26-3-5-29(6-4-26)64-21-33(57)30-7-8-37(49)54-30)67-46-47(62)18-27(12-24-9-10-52-38(50)15-24)40(31-19-51-22-53-31)48(63,45(47)61)43(68-46)44(59)60/h3-11,13-18,22,33-34,40,43,45-46,49,55-58,61-63H,2,12,19-21H2,1H3,(H2,50,52)(H,59,60)/p+1/t33-,34?,40+,43+,45-,46+,47+,48+/m0/s1. The quantitative estimate of drug-likeness (QED) is 0.0755. The van der Waals surface area contributed by atoms with Crippen molar-refractivity contribution in [3.8, 4) is 34.5 Å². The molecule has 0 amide bonds. The third-order valence-corrected chi connectivity index (χ3v) is 12.3. The van der Waals surface area contributed by atoms with Gasteiger partial charge in [-0.3, -0.25) is 10.4 Å². The van der Waals surface area contributed by atoms with Gasteiger partial charge in [0, 0.05) is 24.4 Å². The molecule has 1 saturated heterocycles. The molecule has 68 heavy (non-hydrogen) atoms. The van der Waals surface area contributed by atoms with Crippen LogP contribution in [0.3, 0.4) is 0 Å². The minimum atomic E-state index is -2.76. The number of aromatic nitrogens is 1. The molecule has 1 aromatic heterocycles. The average molecular weight is 932 g/mol. The van der Waals surface area contributed by atoms with Crippen molar-refractivity contribution in [1.29, 1.82) is 0 Å². The summed E-state index contributed by atoms with van der Waals surface area (Å²) >= 11 is 0. The summed E-state index contributed by atoms with van der Waals surface area (Å²) in [6.07, 6.45) is 0.192. The van der Waals surface area contributed by atoms with Gasteiger partial charge in [0.05, 0.1) is 18.2 Å². The first-order valence-electron chi connectivity index (χ1n) is 21.4. The van der Waals surface area contributed by atoms with Gasteiger partial charge in [0.2, 0.25) is 12.0 Å². The molecule has 0 saturated carbocycles. The maximum atomic E-state index is 13.2. The molecular formula is C48H47N6O14+. The van der Waals surface area contributed by atoms with Crippen LogP contribution in [-0.4, -0.2) is 124 Å². The Hall–Kier alpha value is -7.62. The van der Waals surface area contributed by atoms with Crippen LogP contribution in [0.5, 0.6) is 34.5 Å². The lowest BCUT2D eigenvalue weighted by molar-refractivity contribution is -0.338. The number of amidine groups is 1. The second-order valence-electron chi connectivity index (χ2n) is 16.8. The monoisotopic (exact) mass is 931 g/mol. The summed E-state index contributed by atoms with van der Waals surface area (Å²) in [5, 5.41) is 98.0. The van der Waals surface area contributed by atoms with Crippen LogP contribution < -0.4 is 30.1 Å². The van der Waals surface area contributed by atoms with Gasteiger partial charge in [0.15, 0.2) is 35.0 Å². The van der Waals surface area contributed by atoms with E-state index in [4.69, 9.17) is 34.8 Å². The van der Waals surface area contributed by atoms with Crippen LogP contribution in [0.15, 0.2) is 112 Å². The van der Waals surface area contributed by atoms with Crippen LogP contribution in [0.1, 0.15) is 40.8 Å². The number of aliphatic imine (C=N–C) groups is 3. The highest BCUT2D eigenvalue weighted by molar-refractivity contribution is 6.14. The van der Waals surface area contributed by atoms with E-state index in [9.17, 15) is 45.6 Å². The number of aromatic hydroxyl groups is 2. The summed E-state index contributed by atoms with van der Waals surface area (Å²) in [7, 11) is 0. The van der Waals surface area contributed by atoms with Gasteiger partial charge in [-0.25, -0.2) is 14.8 Å². The molecule has 0 radical (unpaired) electrons. The Kier molecular flexibility index (Phi) is 12.0. The zero-order valence-corrected chi connectivity index (χ0v) is 36.2. The number of aliphatic hydroxyl groups is 5. The van der Waals surface area contributed by atoms with Crippen molar-refractivity contribution in [2.75, 3.05) is 18.9 Å². The molecule has 8 atom stereocenters. The zero-order chi connectivity index (χ0) is 48.1. The molecule has 5 aliphatic rings. The Morgan fingerprint density at radius 3 is 2.49 bits per heavy atom. The molecule has 12 N–H and O–H groups in total.